The van der Waals surface area contributed by atoms with Crippen LogP contribution >= 0.6 is 22.6 Å². The first-order valence-electron chi connectivity index (χ1n) is 9.17. The number of halogens is 1. The smallest absolute Gasteiger partial charge is 0.343 e. The maximum absolute atomic E-state index is 12.5. The second-order valence-corrected chi connectivity index (χ2v) is 9.14. The zero-order valence-corrected chi connectivity index (χ0v) is 20.1. The van der Waals surface area contributed by atoms with Crippen LogP contribution in [0.3, 0.4) is 0 Å². The van der Waals surface area contributed by atoms with Crippen LogP contribution < -0.4 is 19.0 Å². The molecule has 3 aromatic rings. The molecular formula is C22H19IN2O6S. The summed E-state index contributed by atoms with van der Waals surface area (Å²) in [6.07, 6.45) is 1.33. The summed E-state index contributed by atoms with van der Waals surface area (Å²) < 4.78 is 41.0. The van der Waals surface area contributed by atoms with E-state index in [4.69, 9.17) is 14.2 Å². The van der Waals surface area contributed by atoms with Crippen molar-refractivity contribution >= 4 is 44.8 Å². The van der Waals surface area contributed by atoms with Gasteiger partial charge >= 0.3 is 5.97 Å². The molecule has 3 aromatic carbocycles. The number of hydrogen-bond donors (Lipinski definition) is 1. The van der Waals surface area contributed by atoms with Gasteiger partial charge in [0, 0.05) is 0 Å². The summed E-state index contributed by atoms with van der Waals surface area (Å²) in [5, 5.41) is 3.82. The summed E-state index contributed by atoms with van der Waals surface area (Å²) in [6, 6.07) is 17.7. The largest absolute Gasteiger partial charge is 0.497 e. The average molecular weight is 566 g/mol. The van der Waals surface area contributed by atoms with Crippen LogP contribution in [0.2, 0.25) is 0 Å². The lowest BCUT2D eigenvalue weighted by atomic mass is 10.2. The van der Waals surface area contributed by atoms with E-state index in [1.165, 1.54) is 32.6 Å². The van der Waals surface area contributed by atoms with Crippen LogP contribution in [-0.2, 0) is 10.0 Å². The molecule has 0 amide bonds. The molecule has 0 bridgehead atoms. The van der Waals surface area contributed by atoms with Crippen molar-refractivity contribution in [3.05, 3.63) is 81.4 Å². The fourth-order valence-corrected chi connectivity index (χ4v) is 4.16. The summed E-state index contributed by atoms with van der Waals surface area (Å²) in [6.45, 7) is 0. The van der Waals surface area contributed by atoms with E-state index in [0.717, 1.165) is 0 Å². The van der Waals surface area contributed by atoms with Crippen molar-refractivity contribution in [2.24, 2.45) is 5.10 Å². The predicted octanol–water partition coefficient (Wildman–Crippen LogP) is 3.84. The molecule has 1 N–H and O–H groups in total. The van der Waals surface area contributed by atoms with Gasteiger partial charge in [-0.05, 0) is 76.7 Å². The van der Waals surface area contributed by atoms with Gasteiger partial charge in [0.2, 0.25) is 0 Å². The highest BCUT2D eigenvalue weighted by molar-refractivity contribution is 14.1. The number of ether oxygens (including phenoxy) is 3. The van der Waals surface area contributed by atoms with E-state index in [1.807, 2.05) is 22.6 Å². The molecule has 32 heavy (non-hydrogen) atoms. The van der Waals surface area contributed by atoms with Crippen LogP contribution in [0.1, 0.15) is 15.9 Å². The van der Waals surface area contributed by atoms with Crippen molar-refractivity contribution in [2.75, 3.05) is 14.2 Å². The molecule has 0 saturated carbocycles. The van der Waals surface area contributed by atoms with Gasteiger partial charge in [-0.2, -0.15) is 13.5 Å². The molecule has 3 rings (SSSR count). The molecule has 0 aromatic heterocycles. The molecule has 0 aliphatic carbocycles. The number of methoxy groups -OCH3 is 2. The molecule has 8 nitrogen and oxygen atoms in total. The number of hydrazone groups is 1. The molecule has 0 fully saturated rings. The van der Waals surface area contributed by atoms with Crippen LogP contribution in [0.5, 0.6) is 17.2 Å². The number of nitrogens with one attached hydrogen (secondary N) is 1. The minimum Gasteiger partial charge on any atom is -0.497 e. The second kappa shape index (κ2) is 10.5. The first-order chi connectivity index (χ1) is 15.3. The third-order valence-corrected chi connectivity index (χ3v) is 6.25. The zero-order chi connectivity index (χ0) is 23.1. The van der Waals surface area contributed by atoms with Gasteiger partial charge in [-0.25, -0.2) is 9.63 Å². The summed E-state index contributed by atoms with van der Waals surface area (Å²) in [5.41, 5.74) is 0.899. The van der Waals surface area contributed by atoms with Crippen LogP contribution in [0.15, 0.2) is 76.7 Å². The normalized spacial score (nSPS) is 11.2. The lowest BCUT2D eigenvalue weighted by Gasteiger charge is -2.12. The van der Waals surface area contributed by atoms with E-state index in [9.17, 15) is 13.2 Å². The summed E-state index contributed by atoms with van der Waals surface area (Å²) >= 11 is 2.00. The fraction of sp³-hybridized carbons (Fsp3) is 0.0909. The Balaban J connectivity index is 1.77. The topological polar surface area (TPSA) is 103 Å². The van der Waals surface area contributed by atoms with E-state index >= 15 is 0 Å². The minimum atomic E-state index is -3.78. The molecule has 0 aliphatic rings. The number of carbonyl (C=O) groups is 1. The molecule has 0 unspecified atom stereocenters. The lowest BCUT2D eigenvalue weighted by molar-refractivity contribution is 0.0728. The van der Waals surface area contributed by atoms with E-state index in [2.05, 4.69) is 9.93 Å². The Hall–Kier alpha value is -3.12. The molecule has 166 valence electrons. The monoisotopic (exact) mass is 566 g/mol. The Morgan fingerprint density at radius 2 is 1.69 bits per heavy atom. The fourth-order valence-electron chi connectivity index (χ4n) is 2.61. The predicted molar refractivity (Wildman–Crippen MR) is 128 cm³/mol. The number of benzene rings is 3. The highest BCUT2D eigenvalue weighted by Gasteiger charge is 2.17. The lowest BCUT2D eigenvalue weighted by Crippen LogP contribution is -2.18. The second-order valence-electron chi connectivity index (χ2n) is 6.32. The zero-order valence-electron chi connectivity index (χ0n) is 17.1. The van der Waals surface area contributed by atoms with Gasteiger partial charge < -0.3 is 14.2 Å². The molecule has 0 atom stereocenters. The summed E-state index contributed by atoms with van der Waals surface area (Å²) in [5.74, 6) is 0.614. The van der Waals surface area contributed by atoms with Gasteiger partial charge in [0.1, 0.15) is 5.75 Å². The number of carbonyl (C=O) groups excluding carboxylic acids is 1. The SMILES string of the molecule is COc1ccc(C(=O)Oc2c(I)cc(/C=N\NS(=O)(=O)c3ccccc3)cc2OC)cc1. The Morgan fingerprint density at radius 1 is 1.00 bits per heavy atom. The van der Waals surface area contributed by atoms with Crippen molar-refractivity contribution in [1.82, 2.24) is 4.83 Å². The van der Waals surface area contributed by atoms with Crippen LogP contribution in [0.25, 0.3) is 0 Å². The Bertz CT molecular complexity index is 1230. The maximum Gasteiger partial charge on any atom is 0.343 e. The third-order valence-electron chi connectivity index (χ3n) is 4.21. The van der Waals surface area contributed by atoms with Crippen molar-refractivity contribution < 1.29 is 27.4 Å². The van der Waals surface area contributed by atoms with Gasteiger partial charge in [0.15, 0.2) is 11.5 Å². The molecule has 0 spiro atoms. The first kappa shape index (κ1) is 23.5. The van der Waals surface area contributed by atoms with Gasteiger partial charge in [0.05, 0.1) is 34.5 Å². The van der Waals surface area contributed by atoms with Crippen LogP contribution in [-0.4, -0.2) is 34.8 Å². The van der Waals surface area contributed by atoms with Crippen molar-refractivity contribution in [2.45, 2.75) is 4.90 Å². The van der Waals surface area contributed by atoms with Crippen molar-refractivity contribution in [1.29, 1.82) is 0 Å². The molecule has 0 saturated heterocycles. The Kier molecular flexibility index (Phi) is 7.70. The Labute approximate surface area is 199 Å². The molecular weight excluding hydrogens is 547 g/mol. The number of esters is 1. The van der Waals surface area contributed by atoms with Gasteiger partial charge in [-0.3, -0.25) is 0 Å². The van der Waals surface area contributed by atoms with Crippen LogP contribution in [0, 0.1) is 3.57 Å². The highest BCUT2D eigenvalue weighted by atomic mass is 127. The van der Waals surface area contributed by atoms with E-state index in [-0.39, 0.29) is 10.6 Å². The third kappa shape index (κ3) is 5.77. The van der Waals surface area contributed by atoms with Gasteiger partial charge in [-0.1, -0.05) is 18.2 Å². The average Bonchev–Trinajstić information content (AvgIpc) is 2.81. The van der Waals surface area contributed by atoms with E-state index in [0.29, 0.717) is 26.2 Å². The van der Waals surface area contributed by atoms with Crippen LogP contribution in [0.4, 0.5) is 0 Å². The number of sulfonamides is 1. The Morgan fingerprint density at radius 3 is 2.31 bits per heavy atom. The minimum absolute atomic E-state index is 0.102. The quantitative estimate of drug-likeness (QED) is 0.146. The van der Waals surface area contributed by atoms with Gasteiger partial charge in [-0.15, -0.1) is 0 Å². The summed E-state index contributed by atoms with van der Waals surface area (Å²) in [7, 11) is -0.796. The number of hydrogen-bond acceptors (Lipinski definition) is 7. The highest BCUT2D eigenvalue weighted by Crippen LogP contribution is 2.34. The molecule has 0 aliphatic heterocycles. The number of rotatable bonds is 8. The van der Waals surface area contributed by atoms with E-state index < -0.39 is 16.0 Å². The molecule has 10 heteroatoms. The molecule has 0 radical (unpaired) electrons. The van der Waals surface area contributed by atoms with Crippen molar-refractivity contribution in [3.8, 4) is 17.2 Å². The van der Waals surface area contributed by atoms with Gasteiger partial charge in [0.25, 0.3) is 10.0 Å². The first-order valence-corrected chi connectivity index (χ1v) is 11.7. The maximum atomic E-state index is 12.5. The molecule has 0 heterocycles. The van der Waals surface area contributed by atoms with Crippen molar-refractivity contribution in [3.63, 3.8) is 0 Å². The van der Waals surface area contributed by atoms with E-state index in [1.54, 1.807) is 54.6 Å². The standard InChI is InChI=1S/C22H19IN2O6S/c1-29-17-10-8-16(9-11-17)22(26)31-21-19(23)12-15(13-20(21)30-2)14-24-25-32(27,28)18-6-4-3-5-7-18/h3-14,25H,1-2H3/b24-14-. The number of nitrogens with zero attached hydrogens (tertiary/aromatic N) is 1. The summed E-state index contributed by atoms with van der Waals surface area (Å²) in [4.78, 5) is 14.8.